The predicted octanol–water partition coefficient (Wildman–Crippen LogP) is 3.25. The maximum atomic E-state index is 11.8. The molecule has 0 fully saturated rings. The van der Waals surface area contributed by atoms with Crippen LogP contribution in [-0.4, -0.2) is 30.9 Å². The van der Waals surface area contributed by atoms with E-state index < -0.39 is 0 Å². The van der Waals surface area contributed by atoms with E-state index in [1.165, 1.54) is 0 Å². The SMILES string of the molecule is CC(C)CCOc1cccc(NC(=O)NCC(C)CCO)c1. The van der Waals surface area contributed by atoms with Crippen LogP contribution < -0.4 is 15.4 Å². The van der Waals surface area contributed by atoms with Gasteiger partial charge in [0.1, 0.15) is 5.75 Å². The number of hydrogen-bond acceptors (Lipinski definition) is 3. The number of urea groups is 1. The predicted molar refractivity (Wildman–Crippen MR) is 89.3 cm³/mol. The number of aliphatic hydroxyl groups excluding tert-OH is 1. The molecule has 0 spiro atoms. The number of amides is 2. The molecule has 5 heteroatoms. The zero-order valence-corrected chi connectivity index (χ0v) is 13.8. The van der Waals surface area contributed by atoms with Gasteiger partial charge in [0.2, 0.25) is 0 Å². The number of hydrogen-bond donors (Lipinski definition) is 3. The lowest BCUT2D eigenvalue weighted by Crippen LogP contribution is -2.32. The van der Waals surface area contributed by atoms with E-state index in [1.807, 2.05) is 31.2 Å². The molecule has 124 valence electrons. The molecule has 0 saturated carbocycles. The van der Waals surface area contributed by atoms with Gasteiger partial charge in [0.05, 0.1) is 6.61 Å². The van der Waals surface area contributed by atoms with Crippen molar-refractivity contribution in [2.24, 2.45) is 11.8 Å². The van der Waals surface area contributed by atoms with E-state index in [2.05, 4.69) is 24.5 Å². The number of ether oxygens (including phenoxy) is 1. The summed E-state index contributed by atoms with van der Waals surface area (Å²) in [6.45, 7) is 7.65. The van der Waals surface area contributed by atoms with Crippen LogP contribution in [0.5, 0.6) is 5.75 Å². The van der Waals surface area contributed by atoms with E-state index in [0.29, 0.717) is 31.2 Å². The highest BCUT2D eigenvalue weighted by atomic mass is 16.5. The third-order valence-corrected chi connectivity index (χ3v) is 3.29. The second-order valence-electron chi connectivity index (χ2n) is 6.01. The zero-order chi connectivity index (χ0) is 16.4. The fourth-order valence-corrected chi connectivity index (χ4v) is 1.84. The molecule has 0 radical (unpaired) electrons. The molecule has 2 amide bonds. The third-order valence-electron chi connectivity index (χ3n) is 3.29. The molecule has 0 heterocycles. The van der Waals surface area contributed by atoms with Gasteiger partial charge >= 0.3 is 6.03 Å². The van der Waals surface area contributed by atoms with Gasteiger partial charge in [-0.25, -0.2) is 4.79 Å². The van der Waals surface area contributed by atoms with Crippen LogP contribution in [0.2, 0.25) is 0 Å². The average Bonchev–Trinajstić information content (AvgIpc) is 2.45. The smallest absolute Gasteiger partial charge is 0.319 e. The van der Waals surface area contributed by atoms with Gasteiger partial charge in [0, 0.05) is 24.9 Å². The van der Waals surface area contributed by atoms with E-state index in [4.69, 9.17) is 9.84 Å². The Bertz CT molecular complexity index is 449. The van der Waals surface area contributed by atoms with E-state index in [0.717, 1.165) is 12.2 Å². The lowest BCUT2D eigenvalue weighted by atomic mass is 10.1. The maximum Gasteiger partial charge on any atom is 0.319 e. The molecule has 0 aliphatic rings. The third kappa shape index (κ3) is 7.88. The van der Waals surface area contributed by atoms with Crippen molar-refractivity contribution in [3.63, 3.8) is 0 Å². The molecule has 1 unspecified atom stereocenters. The molecule has 1 aromatic rings. The molecule has 0 bridgehead atoms. The van der Waals surface area contributed by atoms with E-state index in [1.54, 1.807) is 0 Å². The Morgan fingerprint density at radius 2 is 2.05 bits per heavy atom. The Balaban J connectivity index is 2.40. The zero-order valence-electron chi connectivity index (χ0n) is 13.8. The van der Waals surface area contributed by atoms with Gasteiger partial charge in [-0.3, -0.25) is 0 Å². The van der Waals surface area contributed by atoms with Crippen molar-refractivity contribution in [1.82, 2.24) is 5.32 Å². The van der Waals surface area contributed by atoms with Gasteiger partial charge in [0.25, 0.3) is 0 Å². The standard InChI is InChI=1S/C17H28N2O3/c1-13(2)8-10-22-16-6-4-5-15(11-16)19-17(21)18-12-14(3)7-9-20/h4-6,11,13-14,20H,7-10,12H2,1-3H3,(H2,18,19,21). The fraction of sp³-hybridized carbons (Fsp3) is 0.588. The number of aliphatic hydroxyl groups is 1. The van der Waals surface area contributed by atoms with E-state index >= 15 is 0 Å². The quantitative estimate of drug-likeness (QED) is 0.656. The largest absolute Gasteiger partial charge is 0.494 e. The minimum absolute atomic E-state index is 0.139. The molecule has 22 heavy (non-hydrogen) atoms. The monoisotopic (exact) mass is 308 g/mol. The lowest BCUT2D eigenvalue weighted by molar-refractivity contribution is 0.243. The summed E-state index contributed by atoms with van der Waals surface area (Å²) in [5.74, 6) is 1.61. The lowest BCUT2D eigenvalue weighted by Gasteiger charge is -2.13. The Morgan fingerprint density at radius 3 is 2.73 bits per heavy atom. The summed E-state index contributed by atoms with van der Waals surface area (Å²) < 4.78 is 5.67. The van der Waals surface area contributed by atoms with Crippen LogP contribution in [0.3, 0.4) is 0 Å². The topological polar surface area (TPSA) is 70.6 Å². The van der Waals surface area contributed by atoms with Crippen molar-refractivity contribution in [1.29, 1.82) is 0 Å². The Kier molecular flexibility index (Phi) is 8.36. The molecular formula is C17H28N2O3. The molecule has 0 aliphatic carbocycles. The van der Waals surface area contributed by atoms with Crippen molar-refractivity contribution in [2.75, 3.05) is 25.1 Å². The summed E-state index contributed by atoms with van der Waals surface area (Å²) in [5.41, 5.74) is 0.703. The molecular weight excluding hydrogens is 280 g/mol. The summed E-state index contributed by atoms with van der Waals surface area (Å²) in [7, 11) is 0. The first-order valence-corrected chi connectivity index (χ1v) is 7.89. The molecule has 5 nitrogen and oxygen atoms in total. The number of carbonyl (C=O) groups excluding carboxylic acids is 1. The van der Waals surface area contributed by atoms with Crippen molar-refractivity contribution >= 4 is 11.7 Å². The fourth-order valence-electron chi connectivity index (χ4n) is 1.84. The van der Waals surface area contributed by atoms with Crippen LogP contribution >= 0.6 is 0 Å². The first kappa shape index (κ1) is 18.3. The normalized spacial score (nSPS) is 12.0. The van der Waals surface area contributed by atoms with Crippen LogP contribution in [0, 0.1) is 11.8 Å². The molecule has 0 saturated heterocycles. The van der Waals surface area contributed by atoms with Gasteiger partial charge in [-0.2, -0.15) is 0 Å². The summed E-state index contributed by atoms with van der Waals surface area (Å²) in [4.78, 5) is 11.8. The molecule has 0 aliphatic heterocycles. The van der Waals surface area contributed by atoms with Crippen LogP contribution in [0.1, 0.15) is 33.6 Å². The van der Waals surface area contributed by atoms with Crippen molar-refractivity contribution in [3.05, 3.63) is 24.3 Å². The van der Waals surface area contributed by atoms with Crippen molar-refractivity contribution in [3.8, 4) is 5.75 Å². The highest BCUT2D eigenvalue weighted by Crippen LogP contribution is 2.18. The summed E-state index contributed by atoms with van der Waals surface area (Å²) in [5, 5.41) is 14.4. The van der Waals surface area contributed by atoms with Gasteiger partial charge in [-0.1, -0.05) is 26.8 Å². The van der Waals surface area contributed by atoms with Crippen LogP contribution in [0.15, 0.2) is 24.3 Å². The van der Waals surface area contributed by atoms with Crippen LogP contribution in [-0.2, 0) is 0 Å². The minimum Gasteiger partial charge on any atom is -0.494 e. The van der Waals surface area contributed by atoms with Crippen LogP contribution in [0.4, 0.5) is 10.5 Å². The number of rotatable bonds is 9. The van der Waals surface area contributed by atoms with Gasteiger partial charge in [-0.15, -0.1) is 0 Å². The highest BCUT2D eigenvalue weighted by molar-refractivity contribution is 5.89. The van der Waals surface area contributed by atoms with Crippen LogP contribution in [0.25, 0.3) is 0 Å². The summed E-state index contributed by atoms with van der Waals surface area (Å²) in [6, 6.07) is 7.13. The van der Waals surface area contributed by atoms with Gasteiger partial charge in [0.15, 0.2) is 0 Å². The van der Waals surface area contributed by atoms with E-state index in [-0.39, 0.29) is 18.6 Å². The first-order chi connectivity index (χ1) is 10.5. The molecule has 3 N–H and O–H groups in total. The number of anilines is 1. The van der Waals surface area contributed by atoms with E-state index in [9.17, 15) is 4.79 Å². The first-order valence-electron chi connectivity index (χ1n) is 7.89. The number of nitrogens with one attached hydrogen (secondary N) is 2. The molecule has 1 rings (SSSR count). The average molecular weight is 308 g/mol. The van der Waals surface area contributed by atoms with Gasteiger partial charge in [-0.05, 0) is 36.8 Å². The molecule has 1 aromatic carbocycles. The minimum atomic E-state index is -0.246. The summed E-state index contributed by atoms with van der Waals surface area (Å²) in [6.07, 6.45) is 1.68. The summed E-state index contributed by atoms with van der Waals surface area (Å²) >= 11 is 0. The molecule has 0 aromatic heterocycles. The van der Waals surface area contributed by atoms with Gasteiger partial charge < -0.3 is 20.5 Å². The maximum absolute atomic E-state index is 11.8. The highest BCUT2D eigenvalue weighted by Gasteiger charge is 2.06. The second kappa shape index (κ2) is 10.1. The number of carbonyl (C=O) groups is 1. The Morgan fingerprint density at radius 1 is 1.27 bits per heavy atom. The van der Waals surface area contributed by atoms with Crippen molar-refractivity contribution in [2.45, 2.75) is 33.6 Å². The molecule has 1 atom stereocenters. The Labute approximate surface area is 133 Å². The second-order valence-corrected chi connectivity index (χ2v) is 6.01. The Hall–Kier alpha value is -1.75. The number of benzene rings is 1. The van der Waals surface area contributed by atoms with Crippen molar-refractivity contribution < 1.29 is 14.6 Å².